The molecule has 1 N–H and O–H groups in total. The molecule has 8 heteroatoms. The third kappa shape index (κ3) is 3.04. The van der Waals surface area contributed by atoms with Gasteiger partial charge in [-0.15, -0.1) is 0 Å². The molecule has 0 saturated carbocycles. The molecule has 6 nitrogen and oxygen atoms in total. The number of pyridine rings is 1. The first-order chi connectivity index (χ1) is 9.34. The first-order valence-electron chi connectivity index (χ1n) is 6.19. The van der Waals surface area contributed by atoms with Crippen LogP contribution in [0.25, 0.3) is 0 Å². The van der Waals surface area contributed by atoms with Crippen molar-refractivity contribution in [2.75, 3.05) is 30.4 Å². The van der Waals surface area contributed by atoms with Crippen molar-refractivity contribution in [3.8, 4) is 0 Å². The van der Waals surface area contributed by atoms with E-state index in [-0.39, 0.29) is 30.0 Å². The fourth-order valence-corrected chi connectivity index (χ4v) is 4.02. The Morgan fingerprint density at radius 1 is 1.55 bits per heavy atom. The van der Waals surface area contributed by atoms with Crippen LogP contribution in [0.4, 0.5) is 5.82 Å². The normalized spacial score (nSPS) is 21.6. The van der Waals surface area contributed by atoms with Gasteiger partial charge < -0.3 is 10.2 Å². The molecule has 1 saturated heterocycles. The monoisotopic (exact) mass is 317 g/mol. The van der Waals surface area contributed by atoms with Crippen LogP contribution < -0.4 is 5.32 Å². The summed E-state index contributed by atoms with van der Waals surface area (Å²) in [4.78, 5) is 18.0. The number of carbonyl (C=O) groups is 1. The maximum absolute atomic E-state index is 12.4. The number of hydrogen-bond acceptors (Lipinski definition) is 5. The summed E-state index contributed by atoms with van der Waals surface area (Å²) in [5, 5.41) is 3.17. The lowest BCUT2D eigenvalue weighted by atomic mass is 10.2. The van der Waals surface area contributed by atoms with Crippen molar-refractivity contribution in [3.63, 3.8) is 0 Å². The van der Waals surface area contributed by atoms with E-state index in [1.54, 1.807) is 24.9 Å². The van der Waals surface area contributed by atoms with E-state index in [0.29, 0.717) is 16.4 Å². The maximum Gasteiger partial charge on any atom is 0.255 e. The van der Waals surface area contributed by atoms with Crippen molar-refractivity contribution in [2.24, 2.45) is 0 Å². The Morgan fingerprint density at radius 3 is 2.80 bits per heavy atom. The smallest absolute Gasteiger partial charge is 0.255 e. The summed E-state index contributed by atoms with van der Waals surface area (Å²) in [7, 11) is -1.36. The molecule has 1 amide bonds. The van der Waals surface area contributed by atoms with Gasteiger partial charge in [-0.2, -0.15) is 0 Å². The highest BCUT2D eigenvalue weighted by atomic mass is 35.5. The number of anilines is 1. The Morgan fingerprint density at radius 2 is 2.25 bits per heavy atom. The molecular formula is C12H16ClN3O3S. The average molecular weight is 318 g/mol. The van der Waals surface area contributed by atoms with Crippen molar-refractivity contribution in [3.05, 3.63) is 22.8 Å². The number of aromatic nitrogens is 1. The molecule has 0 aromatic carbocycles. The molecule has 2 rings (SSSR count). The van der Waals surface area contributed by atoms with E-state index in [1.165, 1.54) is 6.20 Å². The number of halogens is 1. The van der Waals surface area contributed by atoms with Gasteiger partial charge in [-0.25, -0.2) is 13.4 Å². The van der Waals surface area contributed by atoms with Gasteiger partial charge in [0.15, 0.2) is 9.84 Å². The van der Waals surface area contributed by atoms with Gasteiger partial charge in [0.1, 0.15) is 5.82 Å². The minimum atomic E-state index is -3.04. The maximum atomic E-state index is 12.4. The zero-order valence-corrected chi connectivity index (χ0v) is 12.8. The summed E-state index contributed by atoms with van der Waals surface area (Å²) in [6, 6.07) is 1.20. The second-order valence-corrected chi connectivity index (χ2v) is 7.40. The fraction of sp³-hybridized carbons (Fsp3) is 0.500. The Kier molecular flexibility index (Phi) is 4.19. The molecule has 2 heterocycles. The number of amides is 1. The van der Waals surface area contributed by atoms with Crippen molar-refractivity contribution in [1.29, 1.82) is 0 Å². The van der Waals surface area contributed by atoms with E-state index in [4.69, 9.17) is 11.6 Å². The van der Waals surface area contributed by atoms with Gasteiger partial charge in [0, 0.05) is 25.8 Å². The topological polar surface area (TPSA) is 79.4 Å². The summed E-state index contributed by atoms with van der Waals surface area (Å²) in [5.74, 6) is 0.245. The van der Waals surface area contributed by atoms with Crippen molar-refractivity contribution >= 4 is 33.2 Å². The van der Waals surface area contributed by atoms with Gasteiger partial charge in [0.2, 0.25) is 0 Å². The third-order valence-corrected chi connectivity index (χ3v) is 5.34. The second kappa shape index (κ2) is 5.57. The highest BCUT2D eigenvalue weighted by molar-refractivity contribution is 7.91. The van der Waals surface area contributed by atoms with Crippen molar-refractivity contribution in [1.82, 2.24) is 9.88 Å². The highest BCUT2D eigenvalue weighted by Crippen LogP contribution is 2.22. The van der Waals surface area contributed by atoms with Crippen molar-refractivity contribution < 1.29 is 13.2 Å². The summed E-state index contributed by atoms with van der Waals surface area (Å²) in [6.45, 7) is 1.93. The predicted octanol–water partition coefficient (Wildman–Crippen LogP) is 1.04. The van der Waals surface area contributed by atoms with E-state index >= 15 is 0 Å². The number of nitrogens with zero attached hydrogens (tertiary/aromatic N) is 2. The fourth-order valence-electron chi connectivity index (χ4n) is 2.20. The summed E-state index contributed by atoms with van der Waals surface area (Å²) >= 11 is 6.00. The van der Waals surface area contributed by atoms with E-state index in [1.807, 2.05) is 0 Å². The first kappa shape index (κ1) is 15.1. The van der Waals surface area contributed by atoms with Gasteiger partial charge in [0.25, 0.3) is 5.91 Å². The SMILES string of the molecule is CNc1ncc(C(=O)N2CCS(=O)(=O)CC2C)cc1Cl. The molecule has 0 radical (unpaired) electrons. The molecule has 1 atom stereocenters. The van der Waals surface area contributed by atoms with Crippen molar-refractivity contribution in [2.45, 2.75) is 13.0 Å². The van der Waals surface area contributed by atoms with Crippen LogP contribution in [-0.4, -0.2) is 55.3 Å². The van der Waals surface area contributed by atoms with Crippen LogP contribution in [0.1, 0.15) is 17.3 Å². The van der Waals surface area contributed by atoms with Crippen LogP contribution in [0.5, 0.6) is 0 Å². The number of carbonyl (C=O) groups excluding carboxylic acids is 1. The molecule has 1 aromatic rings. The van der Waals surface area contributed by atoms with Crippen LogP contribution in [0.15, 0.2) is 12.3 Å². The summed E-state index contributed by atoms with van der Waals surface area (Å²) in [6.07, 6.45) is 1.44. The average Bonchev–Trinajstić information content (AvgIpc) is 2.37. The van der Waals surface area contributed by atoms with Crippen LogP contribution in [0, 0.1) is 0 Å². The van der Waals surface area contributed by atoms with Crippen LogP contribution >= 0.6 is 11.6 Å². The number of sulfone groups is 1. The van der Waals surface area contributed by atoms with Gasteiger partial charge in [-0.3, -0.25) is 4.79 Å². The lowest BCUT2D eigenvalue weighted by Gasteiger charge is -2.33. The van der Waals surface area contributed by atoms with Crippen LogP contribution in [-0.2, 0) is 9.84 Å². The number of nitrogens with one attached hydrogen (secondary N) is 1. The Hall–Kier alpha value is -1.34. The highest BCUT2D eigenvalue weighted by Gasteiger charge is 2.31. The Balaban J connectivity index is 2.22. The molecule has 1 aromatic heterocycles. The lowest BCUT2D eigenvalue weighted by Crippen LogP contribution is -2.49. The van der Waals surface area contributed by atoms with E-state index in [0.717, 1.165) is 0 Å². The standard InChI is InChI=1S/C12H16ClN3O3S/c1-8-7-20(18,19)4-3-16(8)12(17)9-5-10(13)11(14-2)15-6-9/h5-6,8H,3-4,7H2,1-2H3,(H,14,15). The first-order valence-corrected chi connectivity index (χ1v) is 8.38. The quantitative estimate of drug-likeness (QED) is 0.881. The Bertz CT molecular complexity index is 633. The molecule has 1 aliphatic rings. The summed E-state index contributed by atoms with van der Waals surface area (Å²) in [5.41, 5.74) is 0.361. The molecule has 0 aliphatic carbocycles. The minimum absolute atomic E-state index is 0.00115. The third-order valence-electron chi connectivity index (χ3n) is 3.26. The zero-order valence-electron chi connectivity index (χ0n) is 11.3. The van der Waals surface area contributed by atoms with Gasteiger partial charge in [-0.05, 0) is 13.0 Å². The number of hydrogen-bond donors (Lipinski definition) is 1. The Labute approximate surface area is 123 Å². The molecule has 110 valence electrons. The second-order valence-electron chi connectivity index (χ2n) is 4.77. The minimum Gasteiger partial charge on any atom is -0.372 e. The van der Waals surface area contributed by atoms with Crippen LogP contribution in [0.3, 0.4) is 0 Å². The molecule has 1 aliphatic heterocycles. The number of rotatable bonds is 2. The molecule has 0 spiro atoms. The molecule has 1 fully saturated rings. The zero-order chi connectivity index (χ0) is 14.9. The van der Waals surface area contributed by atoms with Gasteiger partial charge in [0.05, 0.1) is 22.1 Å². The van der Waals surface area contributed by atoms with Gasteiger partial charge in [-0.1, -0.05) is 11.6 Å². The van der Waals surface area contributed by atoms with E-state index < -0.39 is 9.84 Å². The largest absolute Gasteiger partial charge is 0.372 e. The molecule has 1 unspecified atom stereocenters. The van der Waals surface area contributed by atoms with Crippen LogP contribution in [0.2, 0.25) is 5.02 Å². The summed E-state index contributed by atoms with van der Waals surface area (Å²) < 4.78 is 23.0. The van der Waals surface area contributed by atoms with E-state index in [9.17, 15) is 13.2 Å². The lowest BCUT2D eigenvalue weighted by molar-refractivity contribution is 0.0712. The molecule has 0 bridgehead atoms. The van der Waals surface area contributed by atoms with E-state index in [2.05, 4.69) is 10.3 Å². The molecule has 20 heavy (non-hydrogen) atoms. The molecular weight excluding hydrogens is 302 g/mol. The predicted molar refractivity (Wildman–Crippen MR) is 77.9 cm³/mol. The van der Waals surface area contributed by atoms with Gasteiger partial charge >= 0.3 is 0 Å².